The first-order chi connectivity index (χ1) is 19.1. The third kappa shape index (κ3) is 5.78. The summed E-state index contributed by atoms with van der Waals surface area (Å²) < 4.78 is 1.85. The maximum absolute atomic E-state index is 13.8. The van der Waals surface area contributed by atoms with Gasteiger partial charge in [0.1, 0.15) is 12.4 Å². The Balaban J connectivity index is 1.67. The molecule has 0 saturated heterocycles. The fourth-order valence-electron chi connectivity index (χ4n) is 4.88. The summed E-state index contributed by atoms with van der Waals surface area (Å²) >= 11 is 7.97. The molecule has 0 bridgehead atoms. The number of benzene rings is 2. The summed E-state index contributed by atoms with van der Waals surface area (Å²) in [4.78, 5) is 32.7. The van der Waals surface area contributed by atoms with Crippen LogP contribution in [-0.2, 0) is 21.5 Å². The Morgan fingerprint density at radius 2 is 1.85 bits per heavy atom. The Morgan fingerprint density at radius 3 is 2.55 bits per heavy atom. The number of aromatic nitrogens is 3. The first-order valence-electron chi connectivity index (χ1n) is 13.2. The van der Waals surface area contributed by atoms with Gasteiger partial charge in [-0.15, -0.1) is 11.8 Å². The minimum atomic E-state index is -0.335. The number of fused-ring (bicyclic) bond motifs is 1. The van der Waals surface area contributed by atoms with Gasteiger partial charge < -0.3 is 5.32 Å². The van der Waals surface area contributed by atoms with Gasteiger partial charge in [-0.2, -0.15) is 5.10 Å². The summed E-state index contributed by atoms with van der Waals surface area (Å²) in [6, 6.07) is 19.4. The fourth-order valence-corrected chi connectivity index (χ4v) is 6.26. The first-order valence-corrected chi connectivity index (χ1v) is 14.6. The normalized spacial score (nSPS) is 15.5. The number of thioether (sulfide) groups is 1. The standard InChI is InChI=1S/C31H32ClN5O2S/c1-20-8-5-6-11-24(20)37-30-27(29(35-37)31(2,3)4)28(22-9-7-10-23(32)16-22)40-19-26(39)36(30)18-25(38)34-17-21-12-14-33-15-13-21/h5-16,28H,17-19H2,1-4H3,(H,34,38)/t28-/m1/s1. The molecule has 3 heterocycles. The number of anilines is 1. The quantitative estimate of drug-likeness (QED) is 0.305. The van der Waals surface area contributed by atoms with Crippen molar-refractivity contribution in [3.63, 3.8) is 0 Å². The van der Waals surface area contributed by atoms with E-state index in [2.05, 4.69) is 31.1 Å². The van der Waals surface area contributed by atoms with Gasteiger partial charge in [0, 0.05) is 34.9 Å². The van der Waals surface area contributed by atoms with Crippen molar-refractivity contribution in [1.82, 2.24) is 20.1 Å². The Morgan fingerprint density at radius 1 is 1.10 bits per heavy atom. The maximum Gasteiger partial charge on any atom is 0.240 e. The van der Waals surface area contributed by atoms with Gasteiger partial charge in [0.05, 0.1) is 22.4 Å². The average Bonchev–Trinajstić information content (AvgIpc) is 3.26. The molecule has 206 valence electrons. The molecule has 5 rings (SSSR count). The molecule has 40 heavy (non-hydrogen) atoms. The molecular formula is C31H32ClN5O2S. The van der Waals surface area contributed by atoms with Gasteiger partial charge in [0.15, 0.2) is 0 Å². The number of amides is 2. The Hall–Kier alpha value is -3.62. The molecule has 7 nitrogen and oxygen atoms in total. The molecule has 1 atom stereocenters. The van der Waals surface area contributed by atoms with E-state index < -0.39 is 0 Å². The Kier molecular flexibility index (Phi) is 8.01. The second-order valence-electron chi connectivity index (χ2n) is 10.9. The number of nitrogens with zero attached hydrogens (tertiary/aromatic N) is 4. The van der Waals surface area contributed by atoms with Gasteiger partial charge in [-0.25, -0.2) is 4.68 Å². The van der Waals surface area contributed by atoms with Crippen molar-refractivity contribution in [2.24, 2.45) is 0 Å². The van der Waals surface area contributed by atoms with Gasteiger partial charge >= 0.3 is 0 Å². The SMILES string of the molecule is Cc1ccccc1-n1nc(C(C)(C)C)c2c1N(CC(=O)NCc1ccncc1)C(=O)CS[C@@H]2c1cccc(Cl)c1. The predicted octanol–water partition coefficient (Wildman–Crippen LogP) is 6.01. The number of aryl methyl sites for hydroxylation is 1. The second kappa shape index (κ2) is 11.5. The summed E-state index contributed by atoms with van der Waals surface area (Å²) in [7, 11) is 0. The van der Waals surface area contributed by atoms with Gasteiger partial charge in [-0.05, 0) is 53.9 Å². The van der Waals surface area contributed by atoms with E-state index in [0.717, 1.165) is 33.6 Å². The smallest absolute Gasteiger partial charge is 0.240 e. The number of rotatable bonds is 6. The lowest BCUT2D eigenvalue weighted by Gasteiger charge is -2.25. The van der Waals surface area contributed by atoms with Crippen LogP contribution in [0.25, 0.3) is 5.69 Å². The Labute approximate surface area is 243 Å². The van der Waals surface area contributed by atoms with Crippen LogP contribution < -0.4 is 10.2 Å². The van der Waals surface area contributed by atoms with Crippen LogP contribution in [0, 0.1) is 6.92 Å². The molecule has 1 N–H and O–H groups in total. The molecule has 0 fully saturated rings. The van der Waals surface area contributed by atoms with E-state index in [0.29, 0.717) is 17.4 Å². The monoisotopic (exact) mass is 573 g/mol. The van der Waals surface area contributed by atoms with Crippen LogP contribution in [-0.4, -0.2) is 38.9 Å². The van der Waals surface area contributed by atoms with Crippen molar-refractivity contribution < 1.29 is 9.59 Å². The molecule has 0 aliphatic carbocycles. The summed E-state index contributed by atoms with van der Waals surface area (Å²) in [5.41, 5.74) is 5.27. The number of hydrogen-bond acceptors (Lipinski definition) is 5. The maximum atomic E-state index is 13.8. The molecule has 2 aromatic heterocycles. The molecule has 2 aromatic carbocycles. The van der Waals surface area contributed by atoms with Crippen molar-refractivity contribution in [1.29, 1.82) is 0 Å². The first kappa shape index (κ1) is 27.9. The largest absolute Gasteiger partial charge is 0.350 e. The number of hydrogen-bond donors (Lipinski definition) is 1. The highest BCUT2D eigenvalue weighted by atomic mass is 35.5. The van der Waals surface area contributed by atoms with E-state index in [9.17, 15) is 9.59 Å². The van der Waals surface area contributed by atoms with Crippen molar-refractivity contribution in [3.8, 4) is 5.69 Å². The molecule has 0 saturated carbocycles. The summed E-state index contributed by atoms with van der Waals surface area (Å²) in [6.07, 6.45) is 3.38. The van der Waals surface area contributed by atoms with Crippen LogP contribution in [0.15, 0.2) is 73.1 Å². The van der Waals surface area contributed by atoms with Crippen LogP contribution in [0.2, 0.25) is 5.02 Å². The third-order valence-corrected chi connectivity index (χ3v) is 8.33. The lowest BCUT2D eigenvalue weighted by atomic mass is 9.87. The molecule has 9 heteroatoms. The molecule has 0 radical (unpaired) electrons. The van der Waals surface area contributed by atoms with Crippen molar-refractivity contribution >= 4 is 41.0 Å². The number of para-hydroxylation sites is 1. The number of halogens is 1. The minimum absolute atomic E-state index is 0.124. The van der Waals surface area contributed by atoms with Crippen LogP contribution in [0.5, 0.6) is 0 Å². The van der Waals surface area contributed by atoms with Gasteiger partial charge in [0.2, 0.25) is 11.8 Å². The lowest BCUT2D eigenvalue weighted by molar-refractivity contribution is -0.123. The molecular weight excluding hydrogens is 542 g/mol. The van der Waals surface area contributed by atoms with Gasteiger partial charge in [0.25, 0.3) is 0 Å². The molecule has 2 amide bonds. The molecule has 0 spiro atoms. The number of pyridine rings is 1. The Bertz CT molecular complexity index is 1550. The highest BCUT2D eigenvalue weighted by Crippen LogP contribution is 2.48. The van der Waals surface area contributed by atoms with E-state index in [-0.39, 0.29) is 34.8 Å². The highest BCUT2D eigenvalue weighted by Gasteiger charge is 2.40. The summed E-state index contributed by atoms with van der Waals surface area (Å²) in [5, 5.41) is 8.55. The van der Waals surface area contributed by atoms with E-state index in [1.165, 1.54) is 11.8 Å². The highest BCUT2D eigenvalue weighted by molar-refractivity contribution is 8.00. The molecule has 1 aliphatic rings. The molecule has 1 aliphatic heterocycles. The van der Waals surface area contributed by atoms with E-state index >= 15 is 0 Å². The zero-order valence-electron chi connectivity index (χ0n) is 23.0. The van der Waals surface area contributed by atoms with Crippen LogP contribution in [0.3, 0.4) is 0 Å². The second-order valence-corrected chi connectivity index (χ2v) is 12.4. The predicted molar refractivity (Wildman–Crippen MR) is 161 cm³/mol. The zero-order chi connectivity index (χ0) is 28.4. The van der Waals surface area contributed by atoms with Gasteiger partial charge in [-0.3, -0.25) is 19.5 Å². The zero-order valence-corrected chi connectivity index (χ0v) is 24.6. The summed E-state index contributed by atoms with van der Waals surface area (Å²) in [5.74, 6) is 0.432. The van der Waals surface area contributed by atoms with E-state index in [1.54, 1.807) is 17.3 Å². The molecule has 0 unspecified atom stereocenters. The number of carbonyl (C=O) groups is 2. The van der Waals surface area contributed by atoms with Crippen molar-refractivity contribution in [2.75, 3.05) is 17.2 Å². The summed E-state index contributed by atoms with van der Waals surface area (Å²) in [6.45, 7) is 8.61. The van der Waals surface area contributed by atoms with E-state index in [4.69, 9.17) is 16.7 Å². The minimum Gasteiger partial charge on any atom is -0.350 e. The number of nitrogens with one attached hydrogen (secondary N) is 1. The average molecular weight is 574 g/mol. The van der Waals surface area contributed by atoms with Crippen LogP contribution >= 0.6 is 23.4 Å². The fraction of sp³-hybridized carbons (Fsp3) is 0.290. The molecule has 4 aromatic rings. The van der Waals surface area contributed by atoms with E-state index in [1.807, 2.05) is 72.3 Å². The van der Waals surface area contributed by atoms with Crippen LogP contribution in [0.1, 0.15) is 54.0 Å². The third-order valence-electron chi connectivity index (χ3n) is 6.84. The van der Waals surface area contributed by atoms with Crippen LogP contribution in [0.4, 0.5) is 5.82 Å². The lowest BCUT2D eigenvalue weighted by Crippen LogP contribution is -2.42. The topological polar surface area (TPSA) is 80.1 Å². The van der Waals surface area contributed by atoms with Crippen molar-refractivity contribution in [2.45, 2.75) is 44.9 Å². The number of carbonyl (C=O) groups excluding carboxylic acids is 2. The van der Waals surface area contributed by atoms with Gasteiger partial charge in [-0.1, -0.05) is 62.7 Å². The van der Waals surface area contributed by atoms with Crippen molar-refractivity contribution in [3.05, 3.63) is 106 Å².